The summed E-state index contributed by atoms with van der Waals surface area (Å²) in [5, 5.41) is 13.7. The van der Waals surface area contributed by atoms with Gasteiger partial charge in [-0.2, -0.15) is 0 Å². The van der Waals surface area contributed by atoms with Gasteiger partial charge in [-0.25, -0.2) is 4.68 Å². The second-order valence-corrected chi connectivity index (χ2v) is 5.25. The minimum atomic E-state index is -4.78. The molecule has 0 aliphatic carbocycles. The van der Waals surface area contributed by atoms with Crippen molar-refractivity contribution in [3.8, 4) is 5.75 Å². The molecule has 11 heteroatoms. The number of rotatable bonds is 6. The van der Waals surface area contributed by atoms with Crippen molar-refractivity contribution >= 4 is 17.7 Å². The van der Waals surface area contributed by atoms with E-state index < -0.39 is 6.36 Å². The number of para-hydroxylation sites is 1. The average Bonchev–Trinajstić information content (AvgIpc) is 2.88. The van der Waals surface area contributed by atoms with Gasteiger partial charge in [0.25, 0.3) is 0 Å². The summed E-state index contributed by atoms with van der Waals surface area (Å²) in [5.74, 6) is -0.665. The summed E-state index contributed by atoms with van der Waals surface area (Å²) >= 11 is 1.11. The first-order chi connectivity index (χ1) is 10.8. The summed E-state index contributed by atoms with van der Waals surface area (Å²) in [7, 11) is 1.63. The van der Waals surface area contributed by atoms with Gasteiger partial charge in [-0.15, -0.1) is 18.3 Å². The molecule has 0 radical (unpaired) electrons. The third kappa shape index (κ3) is 5.43. The molecule has 124 valence electrons. The van der Waals surface area contributed by atoms with Crippen molar-refractivity contribution in [2.45, 2.75) is 18.1 Å². The van der Waals surface area contributed by atoms with E-state index in [1.807, 2.05) is 0 Å². The molecule has 1 heterocycles. The number of thioether (sulfide) groups is 1. The number of hydrogen-bond donors (Lipinski definition) is 1. The normalized spacial score (nSPS) is 11.3. The van der Waals surface area contributed by atoms with Crippen LogP contribution in [0.1, 0.15) is 5.56 Å². The number of hydrogen-bond acceptors (Lipinski definition) is 6. The number of benzene rings is 1. The molecule has 7 nitrogen and oxygen atoms in total. The highest BCUT2D eigenvalue weighted by Crippen LogP contribution is 2.26. The Kier molecular flexibility index (Phi) is 5.42. The zero-order valence-corrected chi connectivity index (χ0v) is 12.7. The Morgan fingerprint density at radius 3 is 2.78 bits per heavy atom. The molecule has 0 saturated heterocycles. The maximum atomic E-state index is 12.3. The summed E-state index contributed by atoms with van der Waals surface area (Å²) in [6.45, 7) is -0.0806. The Hall–Kier alpha value is -2.30. The van der Waals surface area contributed by atoms with Crippen molar-refractivity contribution in [2.24, 2.45) is 7.05 Å². The average molecular weight is 347 g/mol. The largest absolute Gasteiger partial charge is 0.573 e. The second kappa shape index (κ2) is 7.31. The molecule has 2 aromatic rings. The first-order valence-electron chi connectivity index (χ1n) is 6.30. The van der Waals surface area contributed by atoms with Crippen LogP contribution in [0.25, 0.3) is 0 Å². The molecule has 0 aliphatic heterocycles. The first-order valence-corrected chi connectivity index (χ1v) is 7.29. The maximum Gasteiger partial charge on any atom is 0.573 e. The van der Waals surface area contributed by atoms with Gasteiger partial charge in [0.1, 0.15) is 5.75 Å². The highest BCUT2D eigenvalue weighted by Gasteiger charge is 2.31. The number of nitrogens with one attached hydrogen (secondary N) is 1. The monoisotopic (exact) mass is 347 g/mol. The van der Waals surface area contributed by atoms with Crippen LogP contribution in [0.5, 0.6) is 5.75 Å². The van der Waals surface area contributed by atoms with E-state index in [4.69, 9.17) is 0 Å². The smallest absolute Gasteiger partial charge is 0.405 e. The molecule has 1 amide bonds. The zero-order chi connectivity index (χ0) is 16.9. The lowest BCUT2D eigenvalue weighted by Crippen LogP contribution is -2.26. The number of tetrazole rings is 1. The van der Waals surface area contributed by atoms with Crippen molar-refractivity contribution in [1.29, 1.82) is 0 Å². The van der Waals surface area contributed by atoms with Crippen LogP contribution in [-0.2, 0) is 18.4 Å². The van der Waals surface area contributed by atoms with E-state index in [-0.39, 0.29) is 29.5 Å². The lowest BCUT2D eigenvalue weighted by atomic mass is 10.2. The molecule has 1 N–H and O–H groups in total. The second-order valence-electron chi connectivity index (χ2n) is 4.31. The highest BCUT2D eigenvalue weighted by atomic mass is 32.2. The summed E-state index contributed by atoms with van der Waals surface area (Å²) in [5.41, 5.74) is 0.225. The van der Waals surface area contributed by atoms with Crippen LogP contribution in [0.4, 0.5) is 13.2 Å². The van der Waals surface area contributed by atoms with Gasteiger partial charge in [0, 0.05) is 19.2 Å². The van der Waals surface area contributed by atoms with Gasteiger partial charge in [0.2, 0.25) is 11.1 Å². The lowest BCUT2D eigenvalue weighted by Gasteiger charge is -2.13. The van der Waals surface area contributed by atoms with E-state index in [1.165, 1.54) is 22.9 Å². The molecule has 0 bridgehead atoms. The van der Waals surface area contributed by atoms with Crippen molar-refractivity contribution in [3.05, 3.63) is 29.8 Å². The molecule has 0 unspecified atom stereocenters. The Morgan fingerprint density at radius 2 is 2.13 bits per heavy atom. The molecule has 2 rings (SSSR count). The lowest BCUT2D eigenvalue weighted by molar-refractivity contribution is -0.274. The number of aryl methyl sites for hydroxylation is 1. The molecule has 1 aromatic carbocycles. The summed E-state index contributed by atoms with van der Waals surface area (Å²) in [4.78, 5) is 11.7. The van der Waals surface area contributed by atoms with Crippen LogP contribution in [0.2, 0.25) is 0 Å². The van der Waals surface area contributed by atoms with Crippen molar-refractivity contribution in [3.63, 3.8) is 0 Å². The Labute approximate surface area is 133 Å². The number of halogens is 3. The molecule has 0 saturated carbocycles. The van der Waals surface area contributed by atoms with E-state index in [0.717, 1.165) is 11.8 Å². The van der Waals surface area contributed by atoms with E-state index in [1.54, 1.807) is 13.1 Å². The topological polar surface area (TPSA) is 81.9 Å². The van der Waals surface area contributed by atoms with Gasteiger partial charge in [-0.3, -0.25) is 4.79 Å². The molecule has 0 atom stereocenters. The summed E-state index contributed by atoms with van der Waals surface area (Å²) < 4.78 is 42.2. The third-order valence-electron chi connectivity index (χ3n) is 2.59. The van der Waals surface area contributed by atoms with E-state index in [9.17, 15) is 18.0 Å². The Balaban J connectivity index is 1.88. The van der Waals surface area contributed by atoms with Crippen LogP contribution in [0.15, 0.2) is 29.4 Å². The van der Waals surface area contributed by atoms with E-state index >= 15 is 0 Å². The van der Waals surface area contributed by atoms with Gasteiger partial charge in [0.05, 0.1) is 5.75 Å². The molecule has 0 fully saturated rings. The number of amides is 1. The fraction of sp³-hybridized carbons (Fsp3) is 0.333. The number of aromatic nitrogens is 4. The Morgan fingerprint density at radius 1 is 1.39 bits per heavy atom. The van der Waals surface area contributed by atoms with Gasteiger partial charge >= 0.3 is 6.36 Å². The van der Waals surface area contributed by atoms with E-state index in [0.29, 0.717) is 5.16 Å². The SMILES string of the molecule is Cn1nnnc1SCC(=O)NCc1ccccc1OC(F)(F)F. The maximum absolute atomic E-state index is 12.3. The minimum absolute atomic E-state index is 0.0382. The standard InChI is InChI=1S/C12H12F3N5O2S/c1-20-11(17-18-19-20)23-7-10(21)16-6-8-4-2-3-5-9(8)22-12(13,14)15/h2-5H,6-7H2,1H3,(H,16,21). The molecule has 1 aromatic heterocycles. The number of carbonyl (C=O) groups excluding carboxylic acids is 1. The minimum Gasteiger partial charge on any atom is -0.405 e. The van der Waals surface area contributed by atoms with Gasteiger partial charge in [-0.1, -0.05) is 30.0 Å². The number of carbonyl (C=O) groups is 1. The van der Waals surface area contributed by atoms with Gasteiger partial charge in [0.15, 0.2) is 0 Å². The number of alkyl halides is 3. The predicted molar refractivity (Wildman–Crippen MR) is 74.5 cm³/mol. The van der Waals surface area contributed by atoms with Crippen molar-refractivity contribution < 1.29 is 22.7 Å². The number of ether oxygens (including phenoxy) is 1. The highest BCUT2D eigenvalue weighted by molar-refractivity contribution is 7.99. The summed E-state index contributed by atoms with van der Waals surface area (Å²) in [6.07, 6.45) is -4.78. The molecular formula is C12H12F3N5O2S. The first kappa shape index (κ1) is 17.1. The molecule has 0 aliphatic rings. The van der Waals surface area contributed by atoms with Gasteiger partial charge < -0.3 is 10.1 Å². The quantitative estimate of drug-likeness (QED) is 0.798. The van der Waals surface area contributed by atoms with Crippen LogP contribution >= 0.6 is 11.8 Å². The Bertz CT molecular complexity index is 677. The van der Waals surface area contributed by atoms with Crippen LogP contribution in [0.3, 0.4) is 0 Å². The molecular weight excluding hydrogens is 335 g/mol. The van der Waals surface area contributed by atoms with Crippen LogP contribution in [-0.4, -0.2) is 38.2 Å². The van der Waals surface area contributed by atoms with Crippen molar-refractivity contribution in [1.82, 2.24) is 25.5 Å². The summed E-state index contributed by atoms with van der Waals surface area (Å²) in [6, 6.07) is 5.62. The zero-order valence-electron chi connectivity index (χ0n) is 11.9. The predicted octanol–water partition coefficient (Wildman–Crippen LogP) is 1.52. The molecule has 0 spiro atoms. The van der Waals surface area contributed by atoms with Crippen molar-refractivity contribution in [2.75, 3.05) is 5.75 Å². The number of nitrogens with zero attached hydrogens (tertiary/aromatic N) is 4. The van der Waals surface area contributed by atoms with Crippen LogP contribution in [0, 0.1) is 0 Å². The fourth-order valence-corrected chi connectivity index (χ4v) is 2.27. The van der Waals surface area contributed by atoms with E-state index in [2.05, 4.69) is 25.6 Å². The third-order valence-corrected chi connectivity index (χ3v) is 3.60. The van der Waals surface area contributed by atoms with Crippen LogP contribution < -0.4 is 10.1 Å². The van der Waals surface area contributed by atoms with Gasteiger partial charge in [-0.05, 0) is 16.5 Å². The fourth-order valence-electron chi connectivity index (χ4n) is 1.59. The molecule has 23 heavy (non-hydrogen) atoms.